The zero-order chi connectivity index (χ0) is 14.6. The molecule has 2 nitrogen and oxygen atoms in total. The molecule has 1 N–H and O–H groups in total. The quantitative estimate of drug-likeness (QED) is 0.870. The van der Waals surface area contributed by atoms with Crippen molar-refractivity contribution < 1.29 is 4.74 Å². The van der Waals surface area contributed by atoms with Gasteiger partial charge in [-0.3, -0.25) is 0 Å². The second-order valence-electron chi connectivity index (χ2n) is 7.26. The molecule has 0 aliphatic carbocycles. The van der Waals surface area contributed by atoms with Crippen molar-refractivity contribution in [1.29, 1.82) is 0 Å². The average Bonchev–Trinajstić information content (AvgIpc) is 2.80. The van der Waals surface area contributed by atoms with E-state index >= 15 is 0 Å². The number of benzene rings is 1. The topological polar surface area (TPSA) is 21.3 Å². The Balaban J connectivity index is 1.99. The van der Waals surface area contributed by atoms with E-state index in [-0.39, 0.29) is 0 Å². The van der Waals surface area contributed by atoms with E-state index in [1.165, 1.54) is 12.0 Å². The van der Waals surface area contributed by atoms with Crippen molar-refractivity contribution in [3.63, 3.8) is 0 Å². The summed E-state index contributed by atoms with van der Waals surface area (Å²) < 4.78 is 5.66. The predicted octanol–water partition coefficient (Wildman–Crippen LogP) is 4.18. The van der Waals surface area contributed by atoms with E-state index in [9.17, 15) is 0 Å². The zero-order valence-electron chi connectivity index (χ0n) is 13.4. The van der Waals surface area contributed by atoms with E-state index in [1.807, 2.05) is 0 Å². The Morgan fingerprint density at radius 1 is 1.25 bits per heavy atom. The Labute approximate surface area is 123 Å². The fourth-order valence-electron chi connectivity index (χ4n) is 2.94. The largest absolute Gasteiger partial charge is 0.378 e. The van der Waals surface area contributed by atoms with E-state index in [0.29, 0.717) is 23.5 Å². The van der Waals surface area contributed by atoms with Crippen molar-refractivity contribution in [2.45, 2.75) is 52.7 Å². The van der Waals surface area contributed by atoms with Crippen LogP contribution in [0.2, 0.25) is 0 Å². The summed E-state index contributed by atoms with van der Waals surface area (Å²) in [4.78, 5) is 0. The molecule has 3 atom stereocenters. The van der Waals surface area contributed by atoms with E-state index in [4.69, 9.17) is 4.74 Å². The molecule has 1 fully saturated rings. The smallest absolute Gasteiger partial charge is 0.0588 e. The third-order valence-corrected chi connectivity index (χ3v) is 4.18. The molecule has 0 aromatic heterocycles. The van der Waals surface area contributed by atoms with Crippen molar-refractivity contribution in [3.05, 3.63) is 35.9 Å². The van der Waals surface area contributed by atoms with Gasteiger partial charge >= 0.3 is 0 Å². The summed E-state index contributed by atoms with van der Waals surface area (Å²) in [6, 6.07) is 11.3. The Morgan fingerprint density at radius 2 is 1.95 bits per heavy atom. The fourth-order valence-corrected chi connectivity index (χ4v) is 2.94. The van der Waals surface area contributed by atoms with Gasteiger partial charge in [0.15, 0.2) is 0 Å². The monoisotopic (exact) mass is 275 g/mol. The van der Waals surface area contributed by atoms with Crippen LogP contribution in [0.5, 0.6) is 0 Å². The maximum atomic E-state index is 5.66. The highest BCUT2D eigenvalue weighted by Crippen LogP contribution is 2.30. The van der Waals surface area contributed by atoms with Gasteiger partial charge in [0.25, 0.3) is 0 Å². The van der Waals surface area contributed by atoms with Crippen molar-refractivity contribution in [2.75, 3.05) is 13.2 Å². The van der Waals surface area contributed by atoms with Crippen LogP contribution in [0.3, 0.4) is 0 Å². The first-order chi connectivity index (χ1) is 9.46. The molecular formula is C18H29NO. The first kappa shape index (κ1) is 15.5. The molecule has 2 heteroatoms. The third-order valence-electron chi connectivity index (χ3n) is 4.18. The Bertz CT molecular complexity index is 396. The van der Waals surface area contributed by atoms with E-state index in [0.717, 1.165) is 19.6 Å². The lowest BCUT2D eigenvalue weighted by molar-refractivity contribution is 0.104. The van der Waals surface area contributed by atoms with Gasteiger partial charge < -0.3 is 10.1 Å². The summed E-state index contributed by atoms with van der Waals surface area (Å²) in [5.74, 6) is 0.654. The lowest BCUT2D eigenvalue weighted by atomic mass is 9.85. The third kappa shape index (κ3) is 4.60. The van der Waals surface area contributed by atoms with Gasteiger partial charge in [0.2, 0.25) is 0 Å². The van der Waals surface area contributed by atoms with Crippen LogP contribution in [0.25, 0.3) is 0 Å². The normalized spacial score (nSPS) is 24.8. The highest BCUT2D eigenvalue weighted by Gasteiger charge is 2.26. The van der Waals surface area contributed by atoms with Gasteiger partial charge in [0, 0.05) is 19.2 Å². The summed E-state index contributed by atoms with van der Waals surface area (Å²) in [6.45, 7) is 11.1. The van der Waals surface area contributed by atoms with Gasteiger partial charge in [-0.25, -0.2) is 0 Å². The summed E-state index contributed by atoms with van der Waals surface area (Å²) in [7, 11) is 0. The molecule has 0 amide bonds. The molecule has 0 saturated carbocycles. The summed E-state index contributed by atoms with van der Waals surface area (Å²) >= 11 is 0. The molecule has 2 rings (SSSR count). The highest BCUT2D eigenvalue weighted by molar-refractivity contribution is 5.19. The molecule has 0 spiro atoms. The summed E-state index contributed by atoms with van der Waals surface area (Å²) in [5, 5.41) is 3.78. The van der Waals surface area contributed by atoms with Crippen molar-refractivity contribution in [3.8, 4) is 0 Å². The maximum Gasteiger partial charge on any atom is 0.0588 e. The van der Waals surface area contributed by atoms with E-state index in [2.05, 4.69) is 63.3 Å². The van der Waals surface area contributed by atoms with Crippen LogP contribution in [-0.4, -0.2) is 19.3 Å². The van der Waals surface area contributed by atoms with Crippen LogP contribution in [0, 0.1) is 11.3 Å². The standard InChI is InChI=1S/C18H29NO/c1-14-16(10-11-20-14)13-19-17(12-18(2,3)4)15-8-6-5-7-9-15/h5-9,14,16-17,19H,10-13H2,1-4H3. The van der Waals surface area contributed by atoms with Crippen LogP contribution in [0.1, 0.15) is 52.1 Å². The van der Waals surface area contributed by atoms with E-state index in [1.54, 1.807) is 0 Å². The number of hydrogen-bond donors (Lipinski definition) is 1. The van der Waals surface area contributed by atoms with Crippen molar-refractivity contribution in [1.82, 2.24) is 5.32 Å². The Kier molecular flexibility index (Phi) is 5.22. The minimum atomic E-state index is 0.325. The lowest BCUT2D eigenvalue weighted by Gasteiger charge is -2.29. The Hall–Kier alpha value is -0.860. The first-order valence-corrected chi connectivity index (χ1v) is 7.85. The Morgan fingerprint density at radius 3 is 2.50 bits per heavy atom. The van der Waals surface area contributed by atoms with Crippen LogP contribution >= 0.6 is 0 Å². The van der Waals surface area contributed by atoms with Gasteiger partial charge in [-0.15, -0.1) is 0 Å². The van der Waals surface area contributed by atoms with Crippen LogP contribution in [0.15, 0.2) is 30.3 Å². The number of hydrogen-bond acceptors (Lipinski definition) is 2. The molecule has 3 unspecified atom stereocenters. The van der Waals surface area contributed by atoms with Gasteiger partial charge in [-0.05, 0) is 36.7 Å². The average molecular weight is 275 g/mol. The van der Waals surface area contributed by atoms with Crippen molar-refractivity contribution >= 4 is 0 Å². The molecule has 112 valence electrons. The summed E-state index contributed by atoms with van der Waals surface area (Å²) in [6.07, 6.45) is 2.73. The van der Waals surface area contributed by atoms with Crippen LogP contribution < -0.4 is 5.32 Å². The fraction of sp³-hybridized carbons (Fsp3) is 0.667. The molecule has 1 heterocycles. The molecule has 20 heavy (non-hydrogen) atoms. The SMILES string of the molecule is CC1OCCC1CNC(CC(C)(C)C)c1ccccc1. The molecular weight excluding hydrogens is 246 g/mol. The van der Waals surface area contributed by atoms with Gasteiger partial charge in [0.1, 0.15) is 0 Å². The molecule has 1 saturated heterocycles. The van der Waals surface area contributed by atoms with Crippen molar-refractivity contribution in [2.24, 2.45) is 11.3 Å². The maximum absolute atomic E-state index is 5.66. The molecule has 1 aromatic rings. The number of ether oxygens (including phenoxy) is 1. The van der Waals surface area contributed by atoms with Gasteiger partial charge in [0.05, 0.1) is 6.10 Å². The molecule has 0 bridgehead atoms. The summed E-state index contributed by atoms with van der Waals surface area (Å²) in [5.41, 5.74) is 1.72. The molecule has 1 aromatic carbocycles. The molecule has 1 aliphatic rings. The highest BCUT2D eigenvalue weighted by atomic mass is 16.5. The van der Waals surface area contributed by atoms with Gasteiger partial charge in [-0.2, -0.15) is 0 Å². The number of rotatable bonds is 5. The molecule has 0 radical (unpaired) electrons. The van der Waals surface area contributed by atoms with Crippen LogP contribution in [-0.2, 0) is 4.74 Å². The minimum absolute atomic E-state index is 0.325. The molecule has 1 aliphatic heterocycles. The first-order valence-electron chi connectivity index (χ1n) is 7.85. The second kappa shape index (κ2) is 6.73. The van der Waals surface area contributed by atoms with E-state index < -0.39 is 0 Å². The van der Waals surface area contributed by atoms with Gasteiger partial charge in [-0.1, -0.05) is 51.1 Å². The predicted molar refractivity (Wildman–Crippen MR) is 84.8 cm³/mol. The van der Waals surface area contributed by atoms with Crippen LogP contribution in [0.4, 0.5) is 0 Å². The lowest BCUT2D eigenvalue weighted by Crippen LogP contribution is -2.32. The zero-order valence-corrected chi connectivity index (χ0v) is 13.4. The number of nitrogens with one attached hydrogen (secondary N) is 1. The minimum Gasteiger partial charge on any atom is -0.378 e. The second-order valence-corrected chi connectivity index (χ2v) is 7.26.